The van der Waals surface area contributed by atoms with Crippen LogP contribution in [-0.4, -0.2) is 59.6 Å². The van der Waals surface area contributed by atoms with Crippen LogP contribution in [0.5, 0.6) is 0 Å². The van der Waals surface area contributed by atoms with Gasteiger partial charge in [0.2, 0.25) is 5.91 Å². The van der Waals surface area contributed by atoms with Crippen molar-refractivity contribution < 1.29 is 9.90 Å². The van der Waals surface area contributed by atoms with Crippen LogP contribution in [0.4, 0.5) is 0 Å². The Morgan fingerprint density at radius 3 is 2.17 bits per heavy atom. The average molecular weight is 258 g/mol. The maximum atomic E-state index is 11.9. The zero-order chi connectivity index (χ0) is 14.0. The topological polar surface area (TPSA) is 43.8 Å². The van der Waals surface area contributed by atoms with Crippen molar-refractivity contribution in [1.82, 2.24) is 9.80 Å². The zero-order valence-corrected chi connectivity index (χ0v) is 12.5. The smallest absolute Gasteiger partial charge is 0.222 e. The van der Waals surface area contributed by atoms with E-state index in [0.29, 0.717) is 12.8 Å². The monoisotopic (exact) mass is 258 g/mol. The molecule has 4 nitrogen and oxygen atoms in total. The first-order valence-corrected chi connectivity index (χ1v) is 7.23. The van der Waals surface area contributed by atoms with Gasteiger partial charge in [0.15, 0.2) is 0 Å². The van der Waals surface area contributed by atoms with E-state index in [1.807, 2.05) is 11.8 Å². The van der Waals surface area contributed by atoms with Gasteiger partial charge in [0.25, 0.3) is 0 Å². The van der Waals surface area contributed by atoms with Crippen LogP contribution >= 0.6 is 0 Å². The summed E-state index contributed by atoms with van der Waals surface area (Å²) in [5.74, 6) is 0.165. The summed E-state index contributed by atoms with van der Waals surface area (Å²) in [6.07, 6.45) is 1.65. The molecule has 0 heterocycles. The minimum absolute atomic E-state index is 0.165. The van der Waals surface area contributed by atoms with Gasteiger partial charge in [0.05, 0.1) is 6.10 Å². The second kappa shape index (κ2) is 10.3. The highest BCUT2D eigenvalue weighted by Crippen LogP contribution is 2.03. The normalized spacial score (nSPS) is 12.8. The molecule has 0 aromatic rings. The lowest BCUT2D eigenvalue weighted by Crippen LogP contribution is -2.34. The predicted octanol–water partition coefficient (Wildman–Crippen LogP) is 1.73. The lowest BCUT2D eigenvalue weighted by atomic mass is 10.2. The van der Waals surface area contributed by atoms with Crippen LogP contribution in [0.15, 0.2) is 0 Å². The number of carbonyl (C=O) groups excluding carboxylic acids is 1. The lowest BCUT2D eigenvalue weighted by molar-refractivity contribution is -0.131. The maximum absolute atomic E-state index is 11.9. The Morgan fingerprint density at radius 1 is 1.11 bits per heavy atom. The Morgan fingerprint density at radius 2 is 1.72 bits per heavy atom. The van der Waals surface area contributed by atoms with Gasteiger partial charge in [-0.2, -0.15) is 0 Å². The van der Waals surface area contributed by atoms with Gasteiger partial charge >= 0.3 is 0 Å². The van der Waals surface area contributed by atoms with Crippen LogP contribution in [0, 0.1) is 0 Å². The largest absolute Gasteiger partial charge is 0.393 e. The number of carbonyl (C=O) groups is 1. The highest BCUT2D eigenvalue weighted by molar-refractivity contribution is 5.76. The first-order chi connectivity index (χ1) is 8.54. The molecule has 1 N–H and O–H groups in total. The van der Waals surface area contributed by atoms with E-state index in [1.54, 1.807) is 6.92 Å². The number of hydrogen-bond acceptors (Lipinski definition) is 3. The quantitative estimate of drug-likeness (QED) is 0.649. The van der Waals surface area contributed by atoms with Crippen LogP contribution in [0.2, 0.25) is 0 Å². The third kappa shape index (κ3) is 7.67. The number of amides is 1. The molecule has 0 aromatic carbocycles. The minimum atomic E-state index is -0.386. The van der Waals surface area contributed by atoms with Gasteiger partial charge in [-0.3, -0.25) is 4.79 Å². The summed E-state index contributed by atoms with van der Waals surface area (Å²) in [6.45, 7) is 12.8. The molecular formula is C14H30N2O2. The molecule has 1 amide bonds. The molecule has 0 aromatic heterocycles. The highest BCUT2D eigenvalue weighted by atomic mass is 16.3. The van der Waals surface area contributed by atoms with E-state index >= 15 is 0 Å². The van der Waals surface area contributed by atoms with Crippen LogP contribution in [0.1, 0.15) is 47.0 Å². The Kier molecular flexibility index (Phi) is 9.98. The van der Waals surface area contributed by atoms with Crippen molar-refractivity contribution in [2.75, 3.05) is 32.7 Å². The number of hydrogen-bond donors (Lipinski definition) is 1. The molecule has 0 saturated heterocycles. The van der Waals surface area contributed by atoms with Crippen LogP contribution < -0.4 is 0 Å². The van der Waals surface area contributed by atoms with E-state index in [9.17, 15) is 9.90 Å². The molecule has 0 fully saturated rings. The standard InChI is InChI=1S/C14H30N2O2/c1-5-15(6-2)11-8-12-16(7-3)14(18)10-9-13(4)17/h13,17H,5-12H2,1-4H3. The number of nitrogens with zero attached hydrogens (tertiary/aromatic N) is 2. The molecule has 0 saturated carbocycles. The molecule has 0 radical (unpaired) electrons. The van der Waals surface area contributed by atoms with Crippen molar-refractivity contribution >= 4 is 5.91 Å². The molecule has 0 bridgehead atoms. The summed E-state index contributed by atoms with van der Waals surface area (Å²) in [5, 5.41) is 9.19. The molecule has 0 aliphatic carbocycles. The van der Waals surface area contributed by atoms with Gasteiger partial charge in [-0.25, -0.2) is 0 Å². The van der Waals surface area contributed by atoms with Gasteiger partial charge in [0.1, 0.15) is 0 Å². The molecule has 0 rings (SSSR count). The Labute approximate surface area is 112 Å². The van der Waals surface area contributed by atoms with Gasteiger partial charge < -0.3 is 14.9 Å². The first kappa shape index (κ1) is 17.4. The fraction of sp³-hybridized carbons (Fsp3) is 0.929. The molecule has 0 spiro atoms. The Hall–Kier alpha value is -0.610. The zero-order valence-electron chi connectivity index (χ0n) is 12.5. The SMILES string of the molecule is CCN(CC)CCCN(CC)C(=O)CCC(C)O. The second-order valence-corrected chi connectivity index (χ2v) is 4.74. The summed E-state index contributed by atoms with van der Waals surface area (Å²) >= 11 is 0. The third-order valence-electron chi connectivity index (χ3n) is 3.31. The summed E-state index contributed by atoms with van der Waals surface area (Å²) in [4.78, 5) is 16.2. The number of aliphatic hydroxyl groups is 1. The Balaban J connectivity index is 3.91. The molecular weight excluding hydrogens is 228 g/mol. The summed E-state index contributed by atoms with van der Waals surface area (Å²) < 4.78 is 0. The second-order valence-electron chi connectivity index (χ2n) is 4.74. The van der Waals surface area contributed by atoms with Gasteiger partial charge in [0, 0.05) is 19.5 Å². The number of aliphatic hydroxyl groups excluding tert-OH is 1. The van der Waals surface area contributed by atoms with Crippen molar-refractivity contribution in [3.8, 4) is 0 Å². The van der Waals surface area contributed by atoms with E-state index < -0.39 is 0 Å². The Bertz CT molecular complexity index is 216. The summed E-state index contributed by atoms with van der Waals surface area (Å²) in [6, 6.07) is 0. The summed E-state index contributed by atoms with van der Waals surface area (Å²) in [7, 11) is 0. The molecule has 1 unspecified atom stereocenters. The fourth-order valence-corrected chi connectivity index (χ4v) is 1.97. The van der Waals surface area contributed by atoms with Crippen molar-refractivity contribution in [1.29, 1.82) is 0 Å². The van der Waals surface area contributed by atoms with E-state index in [0.717, 1.165) is 39.1 Å². The van der Waals surface area contributed by atoms with Crippen LogP contribution in [-0.2, 0) is 4.79 Å². The molecule has 108 valence electrons. The number of rotatable bonds is 10. The van der Waals surface area contributed by atoms with E-state index in [2.05, 4.69) is 18.7 Å². The minimum Gasteiger partial charge on any atom is -0.393 e. The predicted molar refractivity (Wildman–Crippen MR) is 75.6 cm³/mol. The van der Waals surface area contributed by atoms with E-state index in [1.165, 1.54) is 0 Å². The van der Waals surface area contributed by atoms with Crippen LogP contribution in [0.3, 0.4) is 0 Å². The van der Waals surface area contributed by atoms with Crippen LogP contribution in [0.25, 0.3) is 0 Å². The average Bonchev–Trinajstić information content (AvgIpc) is 2.36. The van der Waals surface area contributed by atoms with Crippen molar-refractivity contribution in [2.24, 2.45) is 0 Å². The first-order valence-electron chi connectivity index (χ1n) is 7.23. The molecule has 0 aliphatic heterocycles. The molecule has 4 heteroatoms. The molecule has 18 heavy (non-hydrogen) atoms. The van der Waals surface area contributed by atoms with E-state index in [4.69, 9.17) is 0 Å². The van der Waals surface area contributed by atoms with Crippen molar-refractivity contribution in [3.63, 3.8) is 0 Å². The fourth-order valence-electron chi connectivity index (χ4n) is 1.97. The maximum Gasteiger partial charge on any atom is 0.222 e. The molecule has 1 atom stereocenters. The van der Waals surface area contributed by atoms with Crippen molar-refractivity contribution in [3.05, 3.63) is 0 Å². The van der Waals surface area contributed by atoms with Gasteiger partial charge in [-0.1, -0.05) is 13.8 Å². The van der Waals surface area contributed by atoms with Gasteiger partial charge in [-0.05, 0) is 46.3 Å². The van der Waals surface area contributed by atoms with Gasteiger partial charge in [-0.15, -0.1) is 0 Å². The third-order valence-corrected chi connectivity index (χ3v) is 3.31. The van der Waals surface area contributed by atoms with E-state index in [-0.39, 0.29) is 12.0 Å². The van der Waals surface area contributed by atoms with Crippen molar-refractivity contribution in [2.45, 2.75) is 53.1 Å². The molecule has 0 aliphatic rings. The summed E-state index contributed by atoms with van der Waals surface area (Å²) in [5.41, 5.74) is 0. The highest BCUT2D eigenvalue weighted by Gasteiger charge is 2.12. The lowest BCUT2D eigenvalue weighted by Gasteiger charge is -2.24.